The van der Waals surface area contributed by atoms with Crippen molar-refractivity contribution in [2.45, 2.75) is 13.3 Å². The first-order chi connectivity index (χ1) is 6.43. The molecular weight excluding hydrogens is 186 g/mol. The van der Waals surface area contributed by atoms with Crippen LogP contribution in [0, 0.1) is 0 Å². The van der Waals surface area contributed by atoms with Crippen molar-refractivity contribution in [2.24, 2.45) is 0 Å². The Morgan fingerprint density at radius 3 is 2.36 bits per heavy atom. The van der Waals surface area contributed by atoms with Crippen molar-refractivity contribution in [3.8, 4) is 0 Å². The summed E-state index contributed by atoms with van der Waals surface area (Å²) in [6, 6.07) is 0. The molecule has 0 amide bonds. The van der Waals surface area contributed by atoms with Crippen molar-refractivity contribution in [2.75, 3.05) is 7.05 Å². The molecule has 0 fully saturated rings. The Kier molecular flexibility index (Phi) is 2.60. The second-order valence-electron chi connectivity index (χ2n) is 3.12. The monoisotopic (exact) mass is 197 g/mol. The van der Waals surface area contributed by atoms with Gasteiger partial charge in [-0.3, -0.25) is 0 Å². The Hall–Kier alpha value is -1.78. The molecule has 0 unspecified atom stereocenters. The molecule has 0 aliphatic carbocycles. The van der Waals surface area contributed by atoms with Gasteiger partial charge in [0.25, 0.3) is 0 Å². The van der Waals surface area contributed by atoms with E-state index in [9.17, 15) is 9.59 Å². The molecule has 76 valence electrons. The van der Waals surface area contributed by atoms with Gasteiger partial charge in [0, 0.05) is 25.4 Å². The first-order valence-corrected chi connectivity index (χ1v) is 4.03. The molecule has 2 N–H and O–H groups in total. The zero-order valence-electron chi connectivity index (χ0n) is 7.94. The third-order valence-corrected chi connectivity index (χ3v) is 2.22. The minimum Gasteiger partial charge on any atom is -0.478 e. The first-order valence-electron chi connectivity index (χ1n) is 4.03. The van der Waals surface area contributed by atoms with Gasteiger partial charge < -0.3 is 15.1 Å². The lowest BCUT2D eigenvalue weighted by Crippen LogP contribution is -2.22. The van der Waals surface area contributed by atoms with Crippen LogP contribution < -0.4 is 0 Å². The van der Waals surface area contributed by atoms with Crippen molar-refractivity contribution in [3.05, 3.63) is 23.0 Å². The highest BCUT2D eigenvalue weighted by Gasteiger charge is 2.23. The van der Waals surface area contributed by atoms with Gasteiger partial charge in [-0.2, -0.15) is 0 Å². The third kappa shape index (κ3) is 1.76. The molecule has 0 atom stereocenters. The van der Waals surface area contributed by atoms with Crippen molar-refractivity contribution < 1.29 is 19.8 Å². The van der Waals surface area contributed by atoms with Gasteiger partial charge in [0.2, 0.25) is 0 Å². The average Bonchev–Trinajstić information content (AvgIpc) is 2.08. The zero-order valence-corrected chi connectivity index (χ0v) is 7.94. The molecule has 0 aromatic carbocycles. The summed E-state index contributed by atoms with van der Waals surface area (Å²) in [5.41, 5.74) is 0.797. The van der Waals surface area contributed by atoms with E-state index in [2.05, 4.69) is 0 Å². The molecule has 0 spiro atoms. The molecule has 0 bridgehead atoms. The van der Waals surface area contributed by atoms with E-state index in [1.165, 1.54) is 11.1 Å². The lowest BCUT2D eigenvalue weighted by molar-refractivity contribution is -0.133. The van der Waals surface area contributed by atoms with Gasteiger partial charge in [-0.25, -0.2) is 9.59 Å². The number of nitrogens with zero attached hydrogens (tertiary/aromatic N) is 1. The molecule has 5 heteroatoms. The quantitative estimate of drug-likeness (QED) is 0.679. The molecule has 1 aliphatic rings. The lowest BCUT2D eigenvalue weighted by Gasteiger charge is -2.23. The van der Waals surface area contributed by atoms with Crippen LogP contribution in [0.3, 0.4) is 0 Å². The summed E-state index contributed by atoms with van der Waals surface area (Å²) < 4.78 is 0. The van der Waals surface area contributed by atoms with Crippen LogP contribution in [-0.2, 0) is 9.59 Å². The van der Waals surface area contributed by atoms with E-state index in [0.29, 0.717) is 5.70 Å². The number of carboxylic acid groups (broad SMARTS) is 2. The smallest absolute Gasteiger partial charge is 0.333 e. The minimum atomic E-state index is -1.08. The number of rotatable bonds is 2. The normalized spacial score (nSPS) is 16.7. The van der Waals surface area contributed by atoms with Crippen LogP contribution in [0.4, 0.5) is 0 Å². The Balaban J connectivity index is 3.04. The summed E-state index contributed by atoms with van der Waals surface area (Å²) in [5.74, 6) is -2.15. The van der Waals surface area contributed by atoms with Crippen LogP contribution in [0.15, 0.2) is 23.0 Å². The molecule has 1 rings (SSSR count). The molecule has 0 radical (unpaired) electrons. The molecule has 0 aromatic rings. The summed E-state index contributed by atoms with van der Waals surface area (Å²) in [5, 5.41) is 17.6. The fourth-order valence-electron chi connectivity index (χ4n) is 1.27. The van der Waals surface area contributed by atoms with E-state index in [1.54, 1.807) is 14.0 Å². The highest BCUT2D eigenvalue weighted by Crippen LogP contribution is 2.23. The predicted molar refractivity (Wildman–Crippen MR) is 48.4 cm³/mol. The van der Waals surface area contributed by atoms with E-state index >= 15 is 0 Å². The SMILES string of the molecule is CC1=C(C(=O)O)CC(C(=O)O)=CN1C. The summed E-state index contributed by atoms with van der Waals surface area (Å²) in [7, 11) is 1.63. The standard InChI is InChI=1S/C9H11NO4/c1-5-7(9(13)14)3-6(8(11)12)4-10(5)2/h4H,3H2,1-2H3,(H,11,12)(H,13,14). The number of hydrogen-bond donors (Lipinski definition) is 2. The second-order valence-corrected chi connectivity index (χ2v) is 3.12. The fourth-order valence-corrected chi connectivity index (χ4v) is 1.27. The van der Waals surface area contributed by atoms with Gasteiger partial charge in [0.05, 0.1) is 11.1 Å². The Morgan fingerprint density at radius 2 is 1.93 bits per heavy atom. The van der Waals surface area contributed by atoms with Crippen LogP contribution in [0.1, 0.15) is 13.3 Å². The Morgan fingerprint density at radius 1 is 1.36 bits per heavy atom. The maximum atomic E-state index is 10.8. The van der Waals surface area contributed by atoms with Crippen LogP contribution in [0.2, 0.25) is 0 Å². The average molecular weight is 197 g/mol. The van der Waals surface area contributed by atoms with E-state index in [4.69, 9.17) is 10.2 Å². The molecule has 14 heavy (non-hydrogen) atoms. The first kappa shape index (κ1) is 10.3. The highest BCUT2D eigenvalue weighted by atomic mass is 16.4. The predicted octanol–water partition coefficient (Wildman–Crippen LogP) is 0.649. The molecule has 1 heterocycles. The maximum Gasteiger partial charge on any atom is 0.333 e. The van der Waals surface area contributed by atoms with Crippen molar-refractivity contribution >= 4 is 11.9 Å². The summed E-state index contributed by atoms with van der Waals surface area (Å²) >= 11 is 0. The summed E-state index contributed by atoms with van der Waals surface area (Å²) in [6.45, 7) is 1.65. The van der Waals surface area contributed by atoms with E-state index < -0.39 is 11.9 Å². The van der Waals surface area contributed by atoms with Crippen LogP contribution in [0.5, 0.6) is 0 Å². The highest BCUT2D eigenvalue weighted by molar-refractivity contribution is 5.94. The van der Waals surface area contributed by atoms with Crippen molar-refractivity contribution in [1.82, 2.24) is 4.90 Å². The van der Waals surface area contributed by atoms with E-state index in [0.717, 1.165) is 0 Å². The maximum absolute atomic E-state index is 10.8. The summed E-state index contributed by atoms with van der Waals surface area (Å²) in [6.07, 6.45) is 1.41. The van der Waals surface area contributed by atoms with Crippen molar-refractivity contribution in [1.29, 1.82) is 0 Å². The Bertz CT molecular complexity index is 354. The molecule has 0 saturated carbocycles. The number of carbonyl (C=O) groups is 2. The Labute approximate surface area is 80.9 Å². The lowest BCUT2D eigenvalue weighted by atomic mass is 10.0. The minimum absolute atomic E-state index is 0.0269. The zero-order chi connectivity index (χ0) is 10.9. The molecule has 0 saturated heterocycles. The van der Waals surface area contributed by atoms with Gasteiger partial charge in [0.15, 0.2) is 0 Å². The van der Waals surface area contributed by atoms with Gasteiger partial charge in [0.1, 0.15) is 0 Å². The topological polar surface area (TPSA) is 77.8 Å². The summed E-state index contributed by atoms with van der Waals surface area (Å²) in [4.78, 5) is 22.9. The molecule has 0 aromatic heterocycles. The molecular formula is C9H11NO4. The molecule has 1 aliphatic heterocycles. The largest absolute Gasteiger partial charge is 0.478 e. The van der Waals surface area contributed by atoms with Crippen LogP contribution in [0.25, 0.3) is 0 Å². The van der Waals surface area contributed by atoms with E-state index in [-0.39, 0.29) is 17.6 Å². The van der Waals surface area contributed by atoms with E-state index in [1.807, 2.05) is 0 Å². The fraction of sp³-hybridized carbons (Fsp3) is 0.333. The number of allylic oxidation sites excluding steroid dienone is 1. The number of hydrogen-bond acceptors (Lipinski definition) is 3. The second kappa shape index (κ2) is 3.53. The van der Waals surface area contributed by atoms with Gasteiger partial charge >= 0.3 is 11.9 Å². The van der Waals surface area contributed by atoms with Crippen LogP contribution in [-0.4, -0.2) is 34.1 Å². The van der Waals surface area contributed by atoms with Gasteiger partial charge in [-0.15, -0.1) is 0 Å². The third-order valence-electron chi connectivity index (χ3n) is 2.22. The number of aliphatic carboxylic acids is 2. The van der Waals surface area contributed by atoms with Crippen LogP contribution >= 0.6 is 0 Å². The van der Waals surface area contributed by atoms with Gasteiger partial charge in [-0.05, 0) is 6.92 Å². The van der Waals surface area contributed by atoms with Crippen molar-refractivity contribution in [3.63, 3.8) is 0 Å². The number of carboxylic acids is 2. The molecule has 5 nitrogen and oxygen atoms in total. The van der Waals surface area contributed by atoms with Gasteiger partial charge in [-0.1, -0.05) is 0 Å².